The Kier molecular flexibility index (Phi) is 2.87. The van der Waals surface area contributed by atoms with Crippen LogP contribution in [-0.2, 0) is 16.1 Å². The lowest BCUT2D eigenvalue weighted by Crippen LogP contribution is -2.52. The number of rotatable bonds is 1. The van der Waals surface area contributed by atoms with E-state index in [1.165, 1.54) is 4.90 Å². The van der Waals surface area contributed by atoms with Crippen molar-refractivity contribution in [1.82, 2.24) is 14.8 Å². The highest BCUT2D eigenvalue weighted by atomic mass is 79.9. The number of hydrogen-bond acceptors (Lipinski definition) is 3. The van der Waals surface area contributed by atoms with Crippen LogP contribution in [0.2, 0.25) is 0 Å². The number of nitrogens with one attached hydrogen (secondary N) is 1. The van der Waals surface area contributed by atoms with Gasteiger partial charge in [-0.15, -0.1) is 0 Å². The van der Waals surface area contributed by atoms with Crippen molar-refractivity contribution in [3.05, 3.63) is 34.4 Å². The normalized spacial score (nSPS) is 21.4. The second kappa shape index (κ2) is 4.67. The van der Waals surface area contributed by atoms with Crippen LogP contribution < -0.4 is 5.32 Å². The van der Waals surface area contributed by atoms with E-state index in [0.29, 0.717) is 13.0 Å². The predicted octanol–water partition coefficient (Wildman–Crippen LogP) is 1.99. The van der Waals surface area contributed by atoms with Gasteiger partial charge < -0.3 is 4.90 Å². The number of piperidine rings is 1. The number of benzene rings is 1. The van der Waals surface area contributed by atoms with Crippen LogP contribution in [-0.4, -0.2) is 33.4 Å². The standard InChI is InChI=1S/C15H12BrN3O3/c16-10-2-1-3-11-9(10)6-8-7-18(15(22)19(8)11)12-4-5-13(20)17-14(12)21/h1-3,6,12H,4-5,7H2,(H,17,20,21). The summed E-state index contributed by atoms with van der Waals surface area (Å²) in [5.41, 5.74) is 1.68. The highest BCUT2D eigenvalue weighted by Crippen LogP contribution is 2.33. The molecule has 2 aliphatic rings. The molecule has 0 radical (unpaired) electrons. The van der Waals surface area contributed by atoms with Crippen LogP contribution in [0.5, 0.6) is 0 Å². The molecule has 1 atom stereocenters. The summed E-state index contributed by atoms with van der Waals surface area (Å²) in [7, 11) is 0. The van der Waals surface area contributed by atoms with Gasteiger partial charge in [-0.25, -0.2) is 4.79 Å². The zero-order valence-corrected chi connectivity index (χ0v) is 13.1. The van der Waals surface area contributed by atoms with Crippen LogP contribution in [0.3, 0.4) is 0 Å². The Labute approximate surface area is 134 Å². The van der Waals surface area contributed by atoms with Crippen molar-refractivity contribution < 1.29 is 14.4 Å². The molecule has 0 spiro atoms. The first-order valence-corrected chi connectivity index (χ1v) is 7.79. The predicted molar refractivity (Wildman–Crippen MR) is 82.1 cm³/mol. The molecular formula is C15H12BrN3O3. The summed E-state index contributed by atoms with van der Waals surface area (Å²) in [6, 6.07) is 6.87. The van der Waals surface area contributed by atoms with E-state index in [9.17, 15) is 14.4 Å². The summed E-state index contributed by atoms with van der Waals surface area (Å²) >= 11 is 3.49. The first-order chi connectivity index (χ1) is 10.6. The number of amides is 3. The molecule has 0 bridgehead atoms. The van der Waals surface area contributed by atoms with Crippen LogP contribution >= 0.6 is 15.9 Å². The van der Waals surface area contributed by atoms with Gasteiger partial charge >= 0.3 is 6.03 Å². The Hall–Kier alpha value is -2.15. The van der Waals surface area contributed by atoms with Crippen LogP contribution in [0, 0.1) is 0 Å². The third-order valence-corrected chi connectivity index (χ3v) is 4.92. The zero-order chi connectivity index (χ0) is 15.4. The molecule has 6 nitrogen and oxygen atoms in total. The van der Waals surface area contributed by atoms with E-state index in [1.807, 2.05) is 24.3 Å². The molecule has 1 saturated heterocycles. The average Bonchev–Trinajstić information content (AvgIpc) is 2.98. The Morgan fingerprint density at radius 3 is 2.82 bits per heavy atom. The van der Waals surface area contributed by atoms with Gasteiger partial charge in [0.2, 0.25) is 11.8 Å². The molecule has 22 heavy (non-hydrogen) atoms. The monoisotopic (exact) mass is 361 g/mol. The quantitative estimate of drug-likeness (QED) is 0.789. The minimum Gasteiger partial charge on any atom is -0.306 e. The van der Waals surface area contributed by atoms with Crippen molar-refractivity contribution in [3.63, 3.8) is 0 Å². The van der Waals surface area contributed by atoms with Gasteiger partial charge in [0.15, 0.2) is 0 Å². The molecular weight excluding hydrogens is 350 g/mol. The summed E-state index contributed by atoms with van der Waals surface area (Å²) in [6.45, 7) is 0.381. The highest BCUT2D eigenvalue weighted by molar-refractivity contribution is 9.10. The molecule has 0 saturated carbocycles. The Morgan fingerprint density at radius 1 is 1.23 bits per heavy atom. The molecule has 1 fully saturated rings. The fourth-order valence-corrected chi connectivity index (χ4v) is 3.66. The fourth-order valence-electron chi connectivity index (χ4n) is 3.19. The molecule has 7 heteroatoms. The Bertz CT molecular complexity index is 842. The number of carbonyl (C=O) groups excluding carboxylic acids is 3. The van der Waals surface area contributed by atoms with Crippen LogP contribution in [0.4, 0.5) is 4.79 Å². The summed E-state index contributed by atoms with van der Waals surface area (Å²) < 4.78 is 2.58. The van der Waals surface area contributed by atoms with Crippen molar-refractivity contribution in [2.75, 3.05) is 0 Å². The molecule has 1 aromatic carbocycles. The van der Waals surface area contributed by atoms with Crippen molar-refractivity contribution in [3.8, 4) is 0 Å². The number of fused-ring (bicyclic) bond motifs is 3. The second-order valence-corrected chi connectivity index (χ2v) is 6.38. The maximum Gasteiger partial charge on any atom is 0.329 e. The molecule has 2 aliphatic heterocycles. The van der Waals surface area contributed by atoms with Crippen LogP contribution in [0.15, 0.2) is 28.7 Å². The zero-order valence-electron chi connectivity index (χ0n) is 11.5. The lowest BCUT2D eigenvalue weighted by molar-refractivity contribution is -0.136. The van der Waals surface area contributed by atoms with Crippen molar-refractivity contribution in [2.45, 2.75) is 25.4 Å². The summed E-state index contributed by atoms with van der Waals surface area (Å²) in [6.07, 6.45) is 0.643. The lowest BCUT2D eigenvalue weighted by Gasteiger charge is -2.28. The van der Waals surface area contributed by atoms with Gasteiger partial charge in [-0.3, -0.25) is 19.5 Å². The third-order valence-electron chi connectivity index (χ3n) is 4.22. The number of halogens is 1. The molecule has 1 aromatic heterocycles. The number of aromatic nitrogens is 1. The molecule has 1 N–H and O–H groups in total. The van der Waals surface area contributed by atoms with E-state index in [-0.39, 0.29) is 24.3 Å². The fraction of sp³-hybridized carbons (Fsp3) is 0.267. The molecule has 3 amide bonds. The molecule has 112 valence electrons. The third kappa shape index (κ3) is 1.81. The van der Waals surface area contributed by atoms with Crippen molar-refractivity contribution >= 4 is 44.7 Å². The first-order valence-electron chi connectivity index (χ1n) is 7.00. The largest absolute Gasteiger partial charge is 0.329 e. The van der Waals surface area contributed by atoms with Crippen LogP contribution in [0.25, 0.3) is 10.9 Å². The van der Waals surface area contributed by atoms with E-state index in [1.54, 1.807) is 4.57 Å². The maximum absolute atomic E-state index is 12.7. The van der Waals surface area contributed by atoms with Gasteiger partial charge in [0.05, 0.1) is 12.1 Å². The van der Waals surface area contributed by atoms with Crippen molar-refractivity contribution in [1.29, 1.82) is 0 Å². The molecule has 3 heterocycles. The smallest absolute Gasteiger partial charge is 0.306 e. The Balaban J connectivity index is 1.72. The average molecular weight is 362 g/mol. The van der Waals surface area contributed by atoms with Gasteiger partial charge in [0, 0.05) is 22.0 Å². The van der Waals surface area contributed by atoms with Gasteiger partial charge in [0.25, 0.3) is 0 Å². The topological polar surface area (TPSA) is 71.4 Å². The van der Waals surface area contributed by atoms with E-state index in [2.05, 4.69) is 21.2 Å². The first kappa shape index (κ1) is 13.5. The SMILES string of the molecule is O=C1CCC(N2Cc3cc4c(Br)cccc4n3C2=O)C(=O)N1. The molecule has 4 rings (SSSR count). The Morgan fingerprint density at radius 2 is 2.05 bits per heavy atom. The van der Waals surface area contributed by atoms with Crippen LogP contribution in [0.1, 0.15) is 18.5 Å². The summed E-state index contributed by atoms with van der Waals surface area (Å²) in [5.74, 6) is -0.664. The highest BCUT2D eigenvalue weighted by Gasteiger charge is 2.39. The number of carbonyl (C=O) groups is 3. The van der Waals surface area contributed by atoms with Crippen molar-refractivity contribution in [2.24, 2.45) is 0 Å². The molecule has 2 aromatic rings. The van der Waals surface area contributed by atoms with Gasteiger partial charge in [-0.2, -0.15) is 0 Å². The maximum atomic E-state index is 12.7. The minimum atomic E-state index is -0.577. The minimum absolute atomic E-state index is 0.211. The number of imide groups is 1. The van der Waals surface area contributed by atoms with E-state index >= 15 is 0 Å². The summed E-state index contributed by atoms with van der Waals surface area (Å²) in [4.78, 5) is 37.5. The van der Waals surface area contributed by atoms with E-state index in [0.717, 1.165) is 21.1 Å². The van der Waals surface area contributed by atoms with E-state index < -0.39 is 6.04 Å². The summed E-state index contributed by atoms with van der Waals surface area (Å²) in [5, 5.41) is 3.28. The number of nitrogens with zero attached hydrogens (tertiary/aromatic N) is 2. The lowest BCUT2D eigenvalue weighted by atomic mass is 10.0. The molecule has 1 unspecified atom stereocenters. The van der Waals surface area contributed by atoms with Gasteiger partial charge in [0.1, 0.15) is 6.04 Å². The van der Waals surface area contributed by atoms with E-state index in [4.69, 9.17) is 0 Å². The number of hydrogen-bond donors (Lipinski definition) is 1. The van der Waals surface area contributed by atoms with Gasteiger partial charge in [-0.05, 0) is 24.6 Å². The van der Waals surface area contributed by atoms with Gasteiger partial charge in [-0.1, -0.05) is 22.0 Å². The molecule has 0 aliphatic carbocycles. The second-order valence-electron chi connectivity index (χ2n) is 5.52.